The van der Waals surface area contributed by atoms with E-state index in [2.05, 4.69) is 34.2 Å². The lowest BCUT2D eigenvalue weighted by atomic mass is 9.95. The Morgan fingerprint density at radius 3 is 2.41 bits per heavy atom. The van der Waals surface area contributed by atoms with E-state index in [1.54, 1.807) is 6.08 Å². The number of amides is 3. The van der Waals surface area contributed by atoms with Gasteiger partial charge in [-0.25, -0.2) is 4.79 Å². The topological polar surface area (TPSA) is 64.7 Å². The molecule has 1 saturated carbocycles. The van der Waals surface area contributed by atoms with E-state index in [1.807, 2.05) is 23.1 Å². The third kappa shape index (κ3) is 6.07. The molecule has 1 atom stereocenters. The number of carbonyl (C=O) groups excluding carboxylic acids is 2. The molecule has 0 aromatic heterocycles. The smallest absolute Gasteiger partial charge is 0.317 e. The average molecular weight is 399 g/mol. The number of rotatable bonds is 8. The summed E-state index contributed by atoms with van der Waals surface area (Å²) in [7, 11) is 0. The monoisotopic (exact) mass is 398 g/mol. The molecule has 0 radical (unpaired) electrons. The molecule has 2 fully saturated rings. The van der Waals surface area contributed by atoms with Gasteiger partial charge in [0.2, 0.25) is 5.91 Å². The van der Waals surface area contributed by atoms with Gasteiger partial charge in [0, 0.05) is 39.3 Å². The summed E-state index contributed by atoms with van der Waals surface area (Å²) in [5.74, 6) is 0.574. The lowest BCUT2D eigenvalue weighted by Crippen LogP contribution is -2.59. The lowest BCUT2D eigenvalue weighted by Gasteiger charge is -2.40. The van der Waals surface area contributed by atoms with E-state index in [-0.39, 0.29) is 18.0 Å². The number of piperazine rings is 1. The Hall–Kier alpha value is -2.34. The second kappa shape index (κ2) is 11.0. The summed E-state index contributed by atoms with van der Waals surface area (Å²) < 4.78 is 0. The minimum Gasteiger partial charge on any atom is -0.354 e. The van der Waals surface area contributed by atoms with E-state index < -0.39 is 0 Å². The first-order chi connectivity index (χ1) is 14.2. The van der Waals surface area contributed by atoms with Crippen LogP contribution in [0.15, 0.2) is 43.0 Å². The minimum atomic E-state index is -0.0772. The van der Waals surface area contributed by atoms with E-state index in [0.717, 1.165) is 32.4 Å². The second-order valence-electron chi connectivity index (χ2n) is 8.01. The van der Waals surface area contributed by atoms with Gasteiger partial charge in [-0.05, 0) is 30.7 Å². The fourth-order valence-corrected chi connectivity index (χ4v) is 4.50. The van der Waals surface area contributed by atoms with Crippen molar-refractivity contribution >= 4 is 11.9 Å². The van der Waals surface area contributed by atoms with Crippen molar-refractivity contribution < 1.29 is 9.59 Å². The van der Waals surface area contributed by atoms with Gasteiger partial charge in [-0.2, -0.15) is 0 Å². The van der Waals surface area contributed by atoms with Gasteiger partial charge in [0.05, 0.1) is 6.04 Å². The molecular weight excluding hydrogens is 364 g/mol. The molecule has 1 aromatic carbocycles. The van der Waals surface area contributed by atoms with Crippen LogP contribution in [0.4, 0.5) is 4.79 Å². The Labute approximate surface area is 174 Å². The first-order valence-electron chi connectivity index (χ1n) is 10.9. The maximum absolute atomic E-state index is 13.1. The number of urea groups is 1. The maximum Gasteiger partial charge on any atom is 0.317 e. The van der Waals surface area contributed by atoms with Crippen molar-refractivity contribution in [2.45, 2.75) is 38.1 Å². The van der Waals surface area contributed by atoms with Gasteiger partial charge in [-0.3, -0.25) is 9.69 Å². The predicted molar refractivity (Wildman–Crippen MR) is 116 cm³/mol. The highest BCUT2D eigenvalue weighted by atomic mass is 16.2. The largest absolute Gasteiger partial charge is 0.354 e. The van der Waals surface area contributed by atoms with Crippen LogP contribution in [0.2, 0.25) is 0 Å². The summed E-state index contributed by atoms with van der Waals surface area (Å²) in [4.78, 5) is 29.4. The van der Waals surface area contributed by atoms with Crippen molar-refractivity contribution in [1.82, 2.24) is 20.4 Å². The zero-order valence-corrected chi connectivity index (χ0v) is 17.3. The Kier molecular flexibility index (Phi) is 8.11. The highest BCUT2D eigenvalue weighted by Crippen LogP contribution is 2.31. The SMILES string of the molecule is C=CCNC(=O)N1CCN([C@H](C(=O)NCCc2ccccc2)C2CCCC2)CC1. The number of carbonyl (C=O) groups is 2. The van der Waals surface area contributed by atoms with Gasteiger partial charge in [0.15, 0.2) is 0 Å². The molecular formula is C23H34N4O2. The zero-order valence-electron chi connectivity index (χ0n) is 17.3. The van der Waals surface area contributed by atoms with Crippen LogP contribution in [-0.4, -0.2) is 67.0 Å². The van der Waals surface area contributed by atoms with Crippen LogP contribution in [-0.2, 0) is 11.2 Å². The van der Waals surface area contributed by atoms with E-state index in [9.17, 15) is 9.59 Å². The van der Waals surface area contributed by atoms with Crippen molar-refractivity contribution in [3.63, 3.8) is 0 Å². The summed E-state index contributed by atoms with van der Waals surface area (Å²) in [5, 5.41) is 6.02. The Morgan fingerprint density at radius 1 is 1.07 bits per heavy atom. The number of hydrogen-bond acceptors (Lipinski definition) is 3. The molecule has 0 unspecified atom stereocenters. The van der Waals surface area contributed by atoms with Gasteiger partial charge in [0.1, 0.15) is 0 Å². The molecule has 1 aliphatic carbocycles. The average Bonchev–Trinajstić information content (AvgIpc) is 3.28. The predicted octanol–water partition coefficient (Wildman–Crippen LogP) is 2.42. The number of hydrogen-bond donors (Lipinski definition) is 2. The summed E-state index contributed by atoms with van der Waals surface area (Å²) >= 11 is 0. The fourth-order valence-electron chi connectivity index (χ4n) is 4.50. The van der Waals surface area contributed by atoms with Crippen LogP contribution in [0.3, 0.4) is 0 Å². The van der Waals surface area contributed by atoms with Crippen molar-refractivity contribution in [1.29, 1.82) is 0 Å². The summed E-state index contributed by atoms with van der Waals surface area (Å²) in [6.45, 7) is 7.58. The molecule has 158 valence electrons. The van der Waals surface area contributed by atoms with Crippen molar-refractivity contribution in [3.8, 4) is 0 Å². The zero-order chi connectivity index (χ0) is 20.5. The molecule has 2 N–H and O–H groups in total. The number of benzene rings is 1. The molecule has 1 aliphatic heterocycles. The third-order valence-corrected chi connectivity index (χ3v) is 6.06. The van der Waals surface area contributed by atoms with Crippen LogP contribution in [0, 0.1) is 5.92 Å². The second-order valence-corrected chi connectivity index (χ2v) is 8.01. The molecule has 1 saturated heterocycles. The van der Waals surface area contributed by atoms with Gasteiger partial charge in [-0.1, -0.05) is 49.2 Å². The first kappa shape index (κ1) is 21.4. The van der Waals surface area contributed by atoms with E-state index in [0.29, 0.717) is 32.1 Å². The number of nitrogens with zero attached hydrogens (tertiary/aromatic N) is 2. The Morgan fingerprint density at radius 2 is 1.76 bits per heavy atom. The summed E-state index contributed by atoms with van der Waals surface area (Å²) in [5.41, 5.74) is 1.24. The van der Waals surface area contributed by atoms with Gasteiger partial charge in [0.25, 0.3) is 0 Å². The highest BCUT2D eigenvalue weighted by Gasteiger charge is 2.37. The Bertz CT molecular complexity index is 665. The molecule has 1 aromatic rings. The summed E-state index contributed by atoms with van der Waals surface area (Å²) in [6.07, 6.45) is 7.20. The van der Waals surface area contributed by atoms with E-state index >= 15 is 0 Å². The third-order valence-electron chi connectivity index (χ3n) is 6.06. The fraction of sp³-hybridized carbons (Fsp3) is 0.565. The van der Waals surface area contributed by atoms with Crippen molar-refractivity contribution in [2.24, 2.45) is 5.92 Å². The van der Waals surface area contributed by atoms with Gasteiger partial charge >= 0.3 is 6.03 Å². The molecule has 1 heterocycles. The van der Waals surface area contributed by atoms with Gasteiger partial charge < -0.3 is 15.5 Å². The Balaban J connectivity index is 1.54. The molecule has 29 heavy (non-hydrogen) atoms. The molecule has 3 rings (SSSR count). The van der Waals surface area contributed by atoms with Crippen LogP contribution in [0.1, 0.15) is 31.2 Å². The number of nitrogens with one attached hydrogen (secondary N) is 2. The molecule has 6 nitrogen and oxygen atoms in total. The lowest BCUT2D eigenvalue weighted by molar-refractivity contribution is -0.129. The maximum atomic E-state index is 13.1. The molecule has 6 heteroatoms. The molecule has 0 bridgehead atoms. The summed E-state index contributed by atoms with van der Waals surface area (Å²) in [6, 6.07) is 10.1. The normalized spacial score (nSPS) is 19.0. The van der Waals surface area contributed by atoms with E-state index in [4.69, 9.17) is 0 Å². The van der Waals surface area contributed by atoms with Crippen LogP contribution in [0.5, 0.6) is 0 Å². The standard InChI is InChI=1S/C23H34N4O2/c1-2-13-25-23(29)27-17-15-26(16-18-27)21(20-10-6-7-11-20)22(28)24-14-12-19-8-4-3-5-9-19/h2-5,8-9,20-21H,1,6-7,10-18H2,(H,24,28)(H,25,29)/t21-/m0/s1. The highest BCUT2D eigenvalue weighted by molar-refractivity contribution is 5.82. The minimum absolute atomic E-state index is 0.0470. The van der Waals surface area contributed by atoms with Crippen LogP contribution in [0.25, 0.3) is 0 Å². The molecule has 3 amide bonds. The molecule has 2 aliphatic rings. The quantitative estimate of drug-likeness (QED) is 0.661. The molecule has 0 spiro atoms. The van der Waals surface area contributed by atoms with Crippen molar-refractivity contribution in [2.75, 3.05) is 39.3 Å². The van der Waals surface area contributed by atoms with Crippen LogP contribution < -0.4 is 10.6 Å². The van der Waals surface area contributed by atoms with Crippen LogP contribution >= 0.6 is 0 Å². The van der Waals surface area contributed by atoms with Crippen molar-refractivity contribution in [3.05, 3.63) is 48.6 Å². The first-order valence-corrected chi connectivity index (χ1v) is 10.9. The van der Waals surface area contributed by atoms with E-state index in [1.165, 1.54) is 18.4 Å². The van der Waals surface area contributed by atoms with Gasteiger partial charge in [-0.15, -0.1) is 6.58 Å².